The van der Waals surface area contributed by atoms with E-state index in [0.717, 1.165) is 5.56 Å². The maximum absolute atomic E-state index is 13.4. The molecule has 6 heteroatoms. The predicted molar refractivity (Wildman–Crippen MR) is 78.0 cm³/mol. The van der Waals surface area contributed by atoms with Crippen LogP contribution in [0.15, 0.2) is 42.5 Å². The highest BCUT2D eigenvalue weighted by molar-refractivity contribution is 5.62. The summed E-state index contributed by atoms with van der Waals surface area (Å²) in [5, 5.41) is 13.9. The van der Waals surface area contributed by atoms with E-state index < -0.39 is 10.7 Å². The summed E-state index contributed by atoms with van der Waals surface area (Å²) in [5.74, 6) is -0.285. The quantitative estimate of drug-likeness (QED) is 0.650. The van der Waals surface area contributed by atoms with E-state index in [1.54, 1.807) is 24.3 Å². The molecule has 2 rings (SSSR count). The van der Waals surface area contributed by atoms with Gasteiger partial charge in [0, 0.05) is 12.6 Å². The molecule has 0 unspecified atom stereocenters. The lowest BCUT2D eigenvalue weighted by Crippen LogP contribution is -2.03. The molecule has 0 saturated heterocycles. The van der Waals surface area contributed by atoms with Crippen molar-refractivity contribution in [1.29, 1.82) is 0 Å². The molecule has 0 atom stereocenters. The van der Waals surface area contributed by atoms with E-state index in [1.165, 1.54) is 18.2 Å². The first-order valence-corrected chi connectivity index (χ1v) is 6.50. The normalized spacial score (nSPS) is 10.2. The molecule has 0 aliphatic heterocycles. The highest BCUT2D eigenvalue weighted by Crippen LogP contribution is 2.26. The smallest absolute Gasteiger partial charge is 0.292 e. The number of rotatable bonds is 6. The molecule has 0 spiro atoms. The average molecular weight is 290 g/mol. The van der Waals surface area contributed by atoms with Gasteiger partial charge in [-0.15, -0.1) is 0 Å². The Kier molecular flexibility index (Phi) is 4.71. The minimum atomic E-state index is -0.445. The molecule has 0 amide bonds. The second kappa shape index (κ2) is 6.69. The number of benzene rings is 2. The third-order valence-corrected chi connectivity index (χ3v) is 2.86. The van der Waals surface area contributed by atoms with Crippen LogP contribution in [-0.4, -0.2) is 11.5 Å². The zero-order valence-corrected chi connectivity index (χ0v) is 11.5. The van der Waals surface area contributed by atoms with Crippen LogP contribution in [-0.2, 0) is 6.61 Å². The van der Waals surface area contributed by atoms with Crippen LogP contribution in [0.1, 0.15) is 12.5 Å². The Morgan fingerprint density at radius 1 is 1.29 bits per heavy atom. The number of anilines is 1. The lowest BCUT2D eigenvalue weighted by Gasteiger charge is -2.09. The number of halogens is 1. The highest BCUT2D eigenvalue weighted by atomic mass is 19.1. The maximum atomic E-state index is 13.4. The summed E-state index contributed by atoms with van der Waals surface area (Å²) in [4.78, 5) is 10.5. The fourth-order valence-corrected chi connectivity index (χ4v) is 1.89. The third kappa shape index (κ3) is 3.68. The van der Waals surface area contributed by atoms with Gasteiger partial charge in [-0.3, -0.25) is 10.1 Å². The molecule has 0 radical (unpaired) electrons. The largest absolute Gasteiger partial charge is 0.486 e. The van der Waals surface area contributed by atoms with Gasteiger partial charge in [0.2, 0.25) is 0 Å². The minimum absolute atomic E-state index is 0.00601. The van der Waals surface area contributed by atoms with Crippen molar-refractivity contribution in [3.63, 3.8) is 0 Å². The molecular formula is C15H15FN2O3. The van der Waals surface area contributed by atoms with Crippen molar-refractivity contribution in [2.24, 2.45) is 0 Å². The molecule has 2 aromatic carbocycles. The summed E-state index contributed by atoms with van der Waals surface area (Å²) >= 11 is 0. The lowest BCUT2D eigenvalue weighted by molar-refractivity contribution is -0.384. The van der Waals surface area contributed by atoms with Crippen LogP contribution < -0.4 is 10.1 Å². The van der Waals surface area contributed by atoms with Crippen LogP contribution in [0.5, 0.6) is 5.75 Å². The van der Waals surface area contributed by atoms with Crippen molar-refractivity contribution in [3.05, 3.63) is 64.0 Å². The van der Waals surface area contributed by atoms with Crippen LogP contribution >= 0.6 is 0 Å². The molecule has 21 heavy (non-hydrogen) atoms. The molecule has 0 heterocycles. The van der Waals surface area contributed by atoms with Crippen molar-refractivity contribution in [2.45, 2.75) is 13.5 Å². The Morgan fingerprint density at radius 3 is 2.71 bits per heavy atom. The van der Waals surface area contributed by atoms with Gasteiger partial charge in [-0.1, -0.05) is 12.1 Å². The summed E-state index contributed by atoms with van der Waals surface area (Å²) in [7, 11) is 0. The van der Waals surface area contributed by atoms with Gasteiger partial charge < -0.3 is 10.1 Å². The summed E-state index contributed by atoms with van der Waals surface area (Å²) < 4.78 is 18.8. The van der Waals surface area contributed by atoms with E-state index in [9.17, 15) is 14.5 Å². The number of nitro groups is 1. The Morgan fingerprint density at radius 2 is 2.05 bits per heavy atom. The fourth-order valence-electron chi connectivity index (χ4n) is 1.89. The zero-order valence-electron chi connectivity index (χ0n) is 11.5. The number of nitro benzene ring substituents is 1. The molecule has 0 aliphatic carbocycles. The molecule has 0 saturated carbocycles. The number of hydrogen-bond acceptors (Lipinski definition) is 4. The highest BCUT2D eigenvalue weighted by Gasteiger charge is 2.13. The van der Waals surface area contributed by atoms with Gasteiger partial charge in [-0.2, -0.15) is 0 Å². The van der Waals surface area contributed by atoms with Crippen molar-refractivity contribution >= 4 is 11.4 Å². The van der Waals surface area contributed by atoms with Crippen LogP contribution in [0.25, 0.3) is 0 Å². The van der Waals surface area contributed by atoms with Crippen LogP contribution in [0.4, 0.5) is 15.8 Å². The maximum Gasteiger partial charge on any atom is 0.292 e. The Hall–Kier alpha value is -2.63. The van der Waals surface area contributed by atoms with E-state index in [2.05, 4.69) is 5.32 Å². The van der Waals surface area contributed by atoms with E-state index in [-0.39, 0.29) is 18.0 Å². The first-order valence-electron chi connectivity index (χ1n) is 6.50. The van der Waals surface area contributed by atoms with Crippen molar-refractivity contribution in [1.82, 2.24) is 0 Å². The fraction of sp³-hybridized carbons (Fsp3) is 0.200. The molecule has 1 N–H and O–H groups in total. The molecule has 2 aromatic rings. The zero-order chi connectivity index (χ0) is 15.2. The second-order valence-electron chi connectivity index (χ2n) is 4.36. The Labute approximate surface area is 121 Å². The number of nitrogens with one attached hydrogen (secondary N) is 1. The average Bonchev–Trinajstić information content (AvgIpc) is 2.46. The number of hydrogen-bond donors (Lipinski definition) is 1. The van der Waals surface area contributed by atoms with Crippen LogP contribution in [0, 0.1) is 15.9 Å². The number of nitrogens with zero attached hydrogens (tertiary/aromatic N) is 1. The lowest BCUT2D eigenvalue weighted by atomic mass is 10.2. The van der Waals surface area contributed by atoms with Crippen molar-refractivity contribution < 1.29 is 14.1 Å². The van der Waals surface area contributed by atoms with E-state index in [4.69, 9.17) is 4.74 Å². The molecule has 5 nitrogen and oxygen atoms in total. The predicted octanol–water partition coefficient (Wildman–Crippen LogP) is 3.74. The van der Waals surface area contributed by atoms with Gasteiger partial charge in [0.25, 0.3) is 5.69 Å². The molecule has 0 aromatic heterocycles. The monoisotopic (exact) mass is 290 g/mol. The van der Waals surface area contributed by atoms with Crippen LogP contribution in [0.3, 0.4) is 0 Å². The van der Waals surface area contributed by atoms with E-state index in [1.807, 2.05) is 6.92 Å². The van der Waals surface area contributed by atoms with Crippen LogP contribution in [0.2, 0.25) is 0 Å². The van der Waals surface area contributed by atoms with Gasteiger partial charge in [0.15, 0.2) is 11.6 Å². The molecule has 0 bridgehead atoms. The number of ether oxygens (including phenoxy) is 1. The first-order chi connectivity index (χ1) is 10.1. The van der Waals surface area contributed by atoms with Gasteiger partial charge in [-0.05, 0) is 36.8 Å². The minimum Gasteiger partial charge on any atom is -0.486 e. The molecule has 0 fully saturated rings. The standard InChI is InChI=1S/C15H15FN2O3/c1-2-17-13-9-11(7-8-14(13)18(19)20)10-21-15-6-4-3-5-12(15)16/h3-9,17H,2,10H2,1H3. The summed E-state index contributed by atoms with van der Waals surface area (Å²) in [6.07, 6.45) is 0. The molecular weight excluding hydrogens is 275 g/mol. The summed E-state index contributed by atoms with van der Waals surface area (Å²) in [6.45, 7) is 2.56. The first kappa shape index (κ1) is 14.8. The molecule has 110 valence electrons. The second-order valence-corrected chi connectivity index (χ2v) is 4.36. The van der Waals surface area contributed by atoms with E-state index in [0.29, 0.717) is 12.2 Å². The SMILES string of the molecule is CCNc1cc(COc2ccccc2F)ccc1[N+](=O)[O-]. The summed E-state index contributed by atoms with van der Waals surface area (Å²) in [5.41, 5.74) is 1.16. The van der Waals surface area contributed by atoms with Crippen molar-refractivity contribution in [3.8, 4) is 5.75 Å². The third-order valence-electron chi connectivity index (χ3n) is 2.86. The topological polar surface area (TPSA) is 64.4 Å². The Bertz CT molecular complexity index is 647. The summed E-state index contributed by atoms with van der Waals surface area (Å²) in [6, 6.07) is 10.8. The molecule has 0 aliphatic rings. The van der Waals surface area contributed by atoms with Gasteiger partial charge in [0.05, 0.1) is 4.92 Å². The van der Waals surface area contributed by atoms with Gasteiger partial charge in [0.1, 0.15) is 12.3 Å². The number of para-hydroxylation sites is 1. The van der Waals surface area contributed by atoms with Gasteiger partial charge >= 0.3 is 0 Å². The van der Waals surface area contributed by atoms with Crippen molar-refractivity contribution in [2.75, 3.05) is 11.9 Å². The Balaban J connectivity index is 2.15. The van der Waals surface area contributed by atoms with E-state index >= 15 is 0 Å². The van der Waals surface area contributed by atoms with Gasteiger partial charge in [-0.25, -0.2) is 4.39 Å².